The molecule has 1 aromatic carbocycles. The largest absolute Gasteiger partial charge is 0.480 e. The van der Waals surface area contributed by atoms with Crippen LogP contribution in [0.2, 0.25) is 0 Å². The Kier molecular flexibility index (Phi) is 4.61. The van der Waals surface area contributed by atoms with E-state index in [0.29, 0.717) is 25.2 Å². The van der Waals surface area contributed by atoms with Crippen molar-refractivity contribution in [3.63, 3.8) is 0 Å². The minimum absolute atomic E-state index is 0.0355. The molecule has 7 nitrogen and oxygen atoms in total. The summed E-state index contributed by atoms with van der Waals surface area (Å²) in [6, 6.07) is 4.25. The maximum atomic E-state index is 12.9. The lowest BCUT2D eigenvalue weighted by atomic mass is 10.0. The van der Waals surface area contributed by atoms with Crippen LogP contribution in [0.3, 0.4) is 0 Å². The van der Waals surface area contributed by atoms with E-state index in [-0.39, 0.29) is 17.5 Å². The molecule has 1 fully saturated rings. The van der Waals surface area contributed by atoms with Gasteiger partial charge in [0, 0.05) is 19.5 Å². The lowest BCUT2D eigenvalue weighted by Crippen LogP contribution is -2.45. The van der Waals surface area contributed by atoms with Crippen LogP contribution >= 0.6 is 0 Å². The average molecular weight is 383 g/mol. The van der Waals surface area contributed by atoms with Gasteiger partial charge in [0.05, 0.1) is 17.9 Å². The summed E-state index contributed by atoms with van der Waals surface area (Å²) < 4.78 is 7.73. The minimum atomic E-state index is -0.959. The molecule has 2 aromatic rings. The molecule has 148 valence electrons. The Balaban J connectivity index is 1.39. The van der Waals surface area contributed by atoms with Gasteiger partial charge in [-0.3, -0.25) is 9.48 Å². The van der Waals surface area contributed by atoms with Crippen LogP contribution in [0.15, 0.2) is 18.3 Å². The number of ether oxygens (including phenoxy) is 1. The Morgan fingerprint density at radius 1 is 1.14 bits per heavy atom. The molecule has 2 aliphatic heterocycles. The zero-order valence-electron chi connectivity index (χ0n) is 16.4. The van der Waals surface area contributed by atoms with Crippen LogP contribution in [0.4, 0.5) is 0 Å². The highest BCUT2D eigenvalue weighted by molar-refractivity contribution is 5.88. The van der Waals surface area contributed by atoms with Crippen molar-refractivity contribution in [2.45, 2.75) is 52.2 Å². The summed E-state index contributed by atoms with van der Waals surface area (Å²) in [5.74, 6) is -0.0992. The number of carboxylic acids is 1. The lowest BCUT2D eigenvalue weighted by molar-refractivity contribution is -0.139. The van der Waals surface area contributed by atoms with E-state index in [4.69, 9.17) is 4.74 Å². The van der Waals surface area contributed by atoms with E-state index in [1.807, 2.05) is 17.9 Å². The number of aromatic carboxylic acids is 1. The van der Waals surface area contributed by atoms with E-state index in [1.165, 1.54) is 17.3 Å². The highest BCUT2D eigenvalue weighted by atomic mass is 16.5. The fourth-order valence-corrected chi connectivity index (χ4v) is 4.19. The van der Waals surface area contributed by atoms with E-state index in [2.05, 4.69) is 18.1 Å². The molecule has 1 amide bonds. The molecule has 0 radical (unpaired) electrons. The molecule has 2 aliphatic rings. The van der Waals surface area contributed by atoms with Crippen molar-refractivity contribution >= 4 is 11.9 Å². The van der Waals surface area contributed by atoms with Gasteiger partial charge in [0.15, 0.2) is 6.10 Å². The Morgan fingerprint density at radius 3 is 2.46 bits per heavy atom. The van der Waals surface area contributed by atoms with E-state index < -0.39 is 12.1 Å². The summed E-state index contributed by atoms with van der Waals surface area (Å²) in [5, 5.41) is 13.5. The van der Waals surface area contributed by atoms with Crippen molar-refractivity contribution in [2.24, 2.45) is 0 Å². The summed E-state index contributed by atoms with van der Waals surface area (Å²) >= 11 is 0. The predicted molar refractivity (Wildman–Crippen MR) is 103 cm³/mol. The third-order valence-electron chi connectivity index (χ3n) is 6.02. The van der Waals surface area contributed by atoms with Gasteiger partial charge < -0.3 is 14.7 Å². The second-order valence-corrected chi connectivity index (χ2v) is 7.80. The number of hydrogen-bond donors (Lipinski definition) is 1. The quantitative estimate of drug-likeness (QED) is 0.881. The summed E-state index contributed by atoms with van der Waals surface area (Å²) in [5.41, 5.74) is 4.39. The highest BCUT2D eigenvalue weighted by Crippen LogP contribution is 2.33. The predicted octanol–water partition coefficient (Wildman–Crippen LogP) is 2.67. The van der Waals surface area contributed by atoms with Crippen LogP contribution in [0, 0.1) is 20.8 Å². The lowest BCUT2D eigenvalue weighted by Gasteiger charge is -2.33. The molecule has 7 heteroatoms. The third kappa shape index (κ3) is 3.15. The maximum absolute atomic E-state index is 12.9. The zero-order valence-corrected chi connectivity index (χ0v) is 16.4. The number of amides is 1. The molecule has 0 aliphatic carbocycles. The normalized spacial score (nSPS) is 19.4. The van der Waals surface area contributed by atoms with Gasteiger partial charge in [0.25, 0.3) is 5.91 Å². The van der Waals surface area contributed by atoms with Gasteiger partial charge in [-0.1, -0.05) is 6.07 Å². The number of fused-ring (bicyclic) bond motifs is 1. The van der Waals surface area contributed by atoms with Gasteiger partial charge >= 0.3 is 5.97 Å². The van der Waals surface area contributed by atoms with E-state index in [9.17, 15) is 14.7 Å². The van der Waals surface area contributed by atoms with Gasteiger partial charge in [-0.05, 0) is 56.4 Å². The number of likely N-dealkylation sites (tertiary alicyclic amines) is 1. The summed E-state index contributed by atoms with van der Waals surface area (Å²) in [4.78, 5) is 26.0. The molecule has 1 aromatic heterocycles. The topological polar surface area (TPSA) is 84.7 Å². The maximum Gasteiger partial charge on any atom is 0.339 e. The number of carboxylic acid groups (broad SMARTS) is 1. The Bertz CT molecular complexity index is 910. The SMILES string of the molecule is Cc1cc2c(cc1C)OC(C(=O)N1CCC(n3ncc(C(=O)O)c3C)CC1)C2. The van der Waals surface area contributed by atoms with Gasteiger partial charge in [0.1, 0.15) is 11.3 Å². The number of benzene rings is 1. The van der Waals surface area contributed by atoms with E-state index in [0.717, 1.165) is 24.2 Å². The number of aryl methyl sites for hydroxylation is 2. The highest BCUT2D eigenvalue weighted by Gasteiger charge is 2.35. The van der Waals surface area contributed by atoms with Crippen LogP contribution < -0.4 is 4.74 Å². The smallest absolute Gasteiger partial charge is 0.339 e. The van der Waals surface area contributed by atoms with Crippen LogP contribution in [-0.2, 0) is 11.2 Å². The van der Waals surface area contributed by atoms with Crippen molar-refractivity contribution in [1.82, 2.24) is 14.7 Å². The molecular weight excluding hydrogens is 358 g/mol. The van der Waals surface area contributed by atoms with Crippen LogP contribution in [0.1, 0.15) is 51.6 Å². The monoisotopic (exact) mass is 383 g/mol. The summed E-state index contributed by atoms with van der Waals surface area (Å²) in [6.45, 7) is 7.15. The Hall–Kier alpha value is -2.83. The average Bonchev–Trinajstić information content (AvgIpc) is 3.25. The molecule has 4 rings (SSSR count). The van der Waals surface area contributed by atoms with Crippen molar-refractivity contribution in [1.29, 1.82) is 0 Å². The number of nitrogens with zero attached hydrogens (tertiary/aromatic N) is 3. The molecule has 1 saturated heterocycles. The van der Waals surface area contributed by atoms with Crippen LogP contribution in [0.5, 0.6) is 5.75 Å². The van der Waals surface area contributed by atoms with Gasteiger partial charge in [-0.25, -0.2) is 4.79 Å². The number of carbonyl (C=O) groups is 2. The van der Waals surface area contributed by atoms with Crippen molar-refractivity contribution in [3.05, 3.63) is 46.3 Å². The van der Waals surface area contributed by atoms with E-state index in [1.54, 1.807) is 11.6 Å². The first-order chi connectivity index (χ1) is 13.3. The van der Waals surface area contributed by atoms with E-state index >= 15 is 0 Å². The fraction of sp³-hybridized carbons (Fsp3) is 0.476. The first-order valence-corrected chi connectivity index (χ1v) is 9.68. The number of rotatable bonds is 3. The number of aromatic nitrogens is 2. The molecule has 0 spiro atoms. The first-order valence-electron chi connectivity index (χ1n) is 9.68. The van der Waals surface area contributed by atoms with Gasteiger partial charge in [0.2, 0.25) is 0 Å². The minimum Gasteiger partial charge on any atom is -0.480 e. The van der Waals surface area contributed by atoms with Gasteiger partial charge in [-0.15, -0.1) is 0 Å². The standard InChI is InChI=1S/C21H25N3O4/c1-12-8-15-10-19(28-18(15)9-13(12)2)20(25)23-6-4-16(5-7-23)24-14(3)17(11-22-24)21(26)27/h8-9,11,16,19H,4-7,10H2,1-3H3,(H,26,27). The van der Waals surface area contributed by atoms with Crippen molar-refractivity contribution in [2.75, 3.05) is 13.1 Å². The van der Waals surface area contributed by atoms with Gasteiger partial charge in [-0.2, -0.15) is 5.10 Å². The molecule has 0 saturated carbocycles. The molecule has 0 bridgehead atoms. The van der Waals surface area contributed by atoms with Crippen LogP contribution in [-0.4, -0.2) is 50.9 Å². The van der Waals surface area contributed by atoms with Crippen molar-refractivity contribution in [3.8, 4) is 5.75 Å². The Labute approximate surface area is 163 Å². The molecular formula is C21H25N3O4. The van der Waals surface area contributed by atoms with Crippen molar-refractivity contribution < 1.29 is 19.4 Å². The number of hydrogen-bond acceptors (Lipinski definition) is 4. The molecule has 28 heavy (non-hydrogen) atoms. The summed E-state index contributed by atoms with van der Waals surface area (Å²) in [7, 11) is 0. The molecule has 1 atom stereocenters. The fourth-order valence-electron chi connectivity index (χ4n) is 4.19. The first kappa shape index (κ1) is 18.5. The van der Waals surface area contributed by atoms with Crippen LogP contribution in [0.25, 0.3) is 0 Å². The zero-order chi connectivity index (χ0) is 20.0. The molecule has 3 heterocycles. The molecule has 1 unspecified atom stereocenters. The number of carbonyl (C=O) groups excluding carboxylic acids is 1. The Morgan fingerprint density at radius 2 is 1.82 bits per heavy atom. The third-order valence-corrected chi connectivity index (χ3v) is 6.02. The second kappa shape index (κ2) is 6.96. The summed E-state index contributed by atoms with van der Waals surface area (Å²) in [6.07, 6.45) is 3.09. The molecule has 1 N–H and O–H groups in total. The number of piperidine rings is 1. The second-order valence-electron chi connectivity index (χ2n) is 7.80.